The van der Waals surface area contributed by atoms with E-state index in [9.17, 15) is 5.26 Å². The van der Waals surface area contributed by atoms with Gasteiger partial charge in [-0.2, -0.15) is 5.26 Å². The van der Waals surface area contributed by atoms with Crippen LogP contribution in [0.3, 0.4) is 0 Å². The average molecular weight is 320 g/mol. The highest BCUT2D eigenvalue weighted by Gasteiger charge is 2.26. The van der Waals surface area contributed by atoms with Gasteiger partial charge in [0, 0.05) is 5.02 Å². The van der Waals surface area contributed by atoms with E-state index >= 15 is 0 Å². The van der Waals surface area contributed by atoms with Crippen LogP contribution < -0.4 is 0 Å². The third-order valence-electron chi connectivity index (χ3n) is 2.10. The maximum absolute atomic E-state index is 9.20. The first-order valence-corrected chi connectivity index (χ1v) is 8.70. The Morgan fingerprint density at radius 2 is 1.79 bits per heavy atom. The molecule has 0 bridgehead atoms. The van der Waals surface area contributed by atoms with Gasteiger partial charge in [-0.1, -0.05) is 23.7 Å². The van der Waals surface area contributed by atoms with Crippen molar-refractivity contribution in [1.82, 2.24) is 0 Å². The lowest BCUT2D eigenvalue weighted by molar-refractivity contribution is 0.145. The highest BCUT2D eigenvalue weighted by atomic mass is 35.5. The van der Waals surface area contributed by atoms with Crippen molar-refractivity contribution in [2.75, 3.05) is 13.2 Å². The predicted octanol–water partition coefficient (Wildman–Crippen LogP) is 4.22. The number of rotatable bonds is 7. The van der Waals surface area contributed by atoms with E-state index in [1.165, 1.54) is 0 Å². The molecule has 0 saturated carbocycles. The molecule has 0 aromatic heterocycles. The molecule has 0 N–H and O–H groups in total. The number of nitrogens with zero attached hydrogens (tertiary/aromatic N) is 1. The van der Waals surface area contributed by atoms with Gasteiger partial charge in [0.15, 0.2) is 6.10 Å². The predicted molar refractivity (Wildman–Crippen MR) is 78.4 cm³/mol. The summed E-state index contributed by atoms with van der Waals surface area (Å²) < 4.78 is 16.3. The second-order valence-electron chi connectivity index (χ2n) is 3.45. The van der Waals surface area contributed by atoms with Gasteiger partial charge < -0.3 is 9.05 Å². The number of hydrogen-bond donors (Lipinski definition) is 0. The Hall–Kier alpha value is -0.470. The lowest BCUT2D eigenvalue weighted by atomic mass is 10.1. The fourth-order valence-corrected chi connectivity index (χ4v) is 3.61. The molecular weight excluding hydrogens is 305 g/mol. The van der Waals surface area contributed by atoms with E-state index in [0.29, 0.717) is 23.8 Å². The Kier molecular flexibility index (Phi) is 6.95. The van der Waals surface area contributed by atoms with Gasteiger partial charge in [0.25, 0.3) is 0 Å². The van der Waals surface area contributed by atoms with E-state index in [1.807, 2.05) is 6.07 Å². The van der Waals surface area contributed by atoms with Gasteiger partial charge in [-0.25, -0.2) is 0 Å². The second-order valence-corrected chi connectivity index (χ2v) is 6.85. The third kappa shape index (κ3) is 5.19. The Labute approximate surface area is 123 Å². The Morgan fingerprint density at radius 1 is 1.26 bits per heavy atom. The molecule has 0 heterocycles. The summed E-state index contributed by atoms with van der Waals surface area (Å²) in [6.07, 6.45) is -0.832. The topological polar surface area (TPSA) is 51.5 Å². The zero-order valence-electron chi connectivity index (χ0n) is 10.7. The molecule has 0 spiro atoms. The van der Waals surface area contributed by atoms with Gasteiger partial charge >= 0.3 is 6.72 Å². The second kappa shape index (κ2) is 7.96. The van der Waals surface area contributed by atoms with Gasteiger partial charge in [0.2, 0.25) is 0 Å². The van der Waals surface area contributed by atoms with E-state index in [2.05, 4.69) is 0 Å². The molecule has 1 rings (SSSR count). The first kappa shape index (κ1) is 16.6. The monoisotopic (exact) mass is 319 g/mol. The minimum atomic E-state index is -2.89. The molecule has 0 aliphatic heterocycles. The van der Waals surface area contributed by atoms with Crippen molar-refractivity contribution in [2.45, 2.75) is 20.0 Å². The molecule has 1 unspecified atom stereocenters. The Bertz CT molecular complexity index is 479. The van der Waals surface area contributed by atoms with Gasteiger partial charge in [0.05, 0.1) is 19.3 Å². The number of hydrogen-bond acceptors (Lipinski definition) is 5. The van der Waals surface area contributed by atoms with Crippen molar-refractivity contribution >= 4 is 30.1 Å². The zero-order chi connectivity index (χ0) is 14.3. The third-order valence-corrected chi connectivity index (χ3v) is 4.86. The molecule has 0 saturated heterocycles. The van der Waals surface area contributed by atoms with Crippen LogP contribution in [0, 0.1) is 11.3 Å². The smallest absolute Gasteiger partial charge is 0.309 e. The van der Waals surface area contributed by atoms with E-state index in [1.54, 1.807) is 38.1 Å². The lowest BCUT2D eigenvalue weighted by Crippen LogP contribution is -2.05. The SMILES string of the molecule is CCOP(=S)(OCC)OC(C#N)c1ccc(Cl)cc1. The largest absolute Gasteiger partial charge is 0.328 e. The fourth-order valence-electron chi connectivity index (χ4n) is 1.34. The number of nitriles is 1. The Morgan fingerprint density at radius 3 is 2.21 bits per heavy atom. The molecular formula is C12H15ClNO3PS. The fraction of sp³-hybridized carbons (Fsp3) is 0.417. The maximum Gasteiger partial charge on any atom is 0.328 e. The van der Waals surface area contributed by atoms with Crippen LogP contribution in [-0.4, -0.2) is 13.2 Å². The molecule has 0 aliphatic carbocycles. The molecule has 0 aliphatic rings. The summed E-state index contributed by atoms with van der Waals surface area (Å²) in [7, 11) is 0. The van der Waals surface area contributed by atoms with Crippen LogP contribution in [0.1, 0.15) is 25.5 Å². The zero-order valence-corrected chi connectivity index (χ0v) is 13.2. The normalized spacial score (nSPS) is 12.9. The minimum Gasteiger partial charge on any atom is -0.309 e. The maximum atomic E-state index is 9.20. The van der Waals surface area contributed by atoms with Crippen LogP contribution >= 0.6 is 18.3 Å². The summed E-state index contributed by atoms with van der Waals surface area (Å²) in [5.74, 6) is 0. The van der Waals surface area contributed by atoms with Crippen LogP contribution in [0.4, 0.5) is 0 Å². The van der Waals surface area contributed by atoms with Gasteiger partial charge in [0.1, 0.15) is 0 Å². The quantitative estimate of drug-likeness (QED) is 0.704. The molecule has 7 heteroatoms. The number of halogens is 1. The molecule has 1 atom stereocenters. The molecule has 104 valence electrons. The van der Waals surface area contributed by atoms with Crippen molar-refractivity contribution in [3.05, 3.63) is 34.9 Å². The Balaban J connectivity index is 2.89. The molecule has 0 amide bonds. The van der Waals surface area contributed by atoms with Crippen molar-refractivity contribution in [2.24, 2.45) is 0 Å². The van der Waals surface area contributed by atoms with Crippen molar-refractivity contribution in [1.29, 1.82) is 5.26 Å². The van der Waals surface area contributed by atoms with Crippen molar-refractivity contribution < 1.29 is 13.6 Å². The van der Waals surface area contributed by atoms with Crippen LogP contribution in [0.15, 0.2) is 24.3 Å². The summed E-state index contributed by atoms with van der Waals surface area (Å²) in [5, 5.41) is 9.79. The van der Waals surface area contributed by atoms with Gasteiger partial charge in [-0.3, -0.25) is 4.52 Å². The average Bonchev–Trinajstić information content (AvgIpc) is 2.38. The molecule has 1 aromatic carbocycles. The van der Waals surface area contributed by atoms with E-state index in [0.717, 1.165) is 0 Å². The van der Waals surface area contributed by atoms with Gasteiger partial charge in [-0.15, -0.1) is 0 Å². The highest BCUT2D eigenvalue weighted by molar-refractivity contribution is 8.07. The molecule has 1 aromatic rings. The molecule has 0 fully saturated rings. The van der Waals surface area contributed by atoms with Crippen molar-refractivity contribution in [3.63, 3.8) is 0 Å². The lowest BCUT2D eigenvalue weighted by Gasteiger charge is -2.23. The summed E-state index contributed by atoms with van der Waals surface area (Å²) >= 11 is 11.0. The van der Waals surface area contributed by atoms with E-state index < -0.39 is 12.8 Å². The van der Waals surface area contributed by atoms with Crippen LogP contribution in [-0.2, 0) is 25.4 Å². The summed E-state index contributed by atoms with van der Waals surface area (Å²) in [6, 6.07) is 8.86. The standard InChI is InChI=1S/C12H15ClNO3PS/c1-3-15-18(19,16-4-2)17-12(9-14)10-5-7-11(13)8-6-10/h5-8,12H,3-4H2,1-2H3. The molecule has 0 radical (unpaired) electrons. The summed E-state index contributed by atoms with van der Waals surface area (Å²) in [6.45, 7) is 1.45. The van der Waals surface area contributed by atoms with Crippen molar-refractivity contribution in [3.8, 4) is 6.07 Å². The van der Waals surface area contributed by atoms with Crippen LogP contribution in [0.2, 0.25) is 5.02 Å². The minimum absolute atomic E-state index is 0.371. The van der Waals surface area contributed by atoms with Crippen LogP contribution in [0.5, 0.6) is 0 Å². The van der Waals surface area contributed by atoms with E-state index in [-0.39, 0.29) is 0 Å². The highest BCUT2D eigenvalue weighted by Crippen LogP contribution is 2.53. The summed E-state index contributed by atoms with van der Waals surface area (Å²) in [4.78, 5) is 0. The first-order valence-electron chi connectivity index (χ1n) is 5.77. The first-order chi connectivity index (χ1) is 9.04. The van der Waals surface area contributed by atoms with E-state index in [4.69, 9.17) is 37.0 Å². The summed E-state index contributed by atoms with van der Waals surface area (Å²) in [5.41, 5.74) is 0.667. The molecule has 19 heavy (non-hydrogen) atoms. The molecule has 4 nitrogen and oxygen atoms in total. The van der Waals surface area contributed by atoms with Gasteiger partial charge in [-0.05, 0) is 43.4 Å². The van der Waals surface area contributed by atoms with Crippen LogP contribution in [0.25, 0.3) is 0 Å². The number of benzene rings is 1.